The lowest BCUT2D eigenvalue weighted by Gasteiger charge is -2.18. The van der Waals surface area contributed by atoms with E-state index in [9.17, 15) is 9.59 Å². The van der Waals surface area contributed by atoms with Gasteiger partial charge in [-0.25, -0.2) is 9.59 Å². The molecule has 2 amide bonds. The summed E-state index contributed by atoms with van der Waals surface area (Å²) in [5.74, 6) is -0.250. The number of carboxylic acids is 1. The summed E-state index contributed by atoms with van der Waals surface area (Å²) in [5.41, 5.74) is 0. The summed E-state index contributed by atoms with van der Waals surface area (Å²) in [5, 5.41) is 14.1. The van der Waals surface area contributed by atoms with E-state index in [1.165, 1.54) is 12.8 Å². The minimum atomic E-state index is -0.992. The molecule has 1 saturated carbocycles. The van der Waals surface area contributed by atoms with Gasteiger partial charge in [0.1, 0.15) is 6.04 Å². The number of amides is 2. The fraction of sp³-hybridized carbons (Fsp3) is 0.833. The van der Waals surface area contributed by atoms with Crippen LogP contribution in [-0.4, -0.2) is 29.7 Å². The molecular formula is C12H22N2O3. The summed E-state index contributed by atoms with van der Waals surface area (Å²) < 4.78 is 0. The Balaban J connectivity index is 2.14. The SMILES string of the molecule is CC(C)[C@@H](NC(=O)NCCCC1CC1)C(=O)O. The van der Waals surface area contributed by atoms with Crippen LogP contribution in [0.1, 0.15) is 39.5 Å². The molecule has 98 valence electrons. The quantitative estimate of drug-likeness (QED) is 0.593. The predicted octanol–water partition coefficient (Wildman–Crippen LogP) is 1.58. The van der Waals surface area contributed by atoms with Gasteiger partial charge in [-0.1, -0.05) is 26.7 Å². The standard InChI is InChI=1S/C12H22N2O3/c1-8(2)10(11(15)16)14-12(17)13-7-3-4-9-5-6-9/h8-10H,3-7H2,1-2H3,(H,15,16)(H2,13,14,17)/t10-/m1/s1. The fourth-order valence-electron chi connectivity index (χ4n) is 1.71. The van der Waals surface area contributed by atoms with E-state index in [1.54, 1.807) is 13.8 Å². The molecule has 1 aliphatic carbocycles. The maximum atomic E-state index is 11.4. The second-order valence-electron chi connectivity index (χ2n) is 5.05. The number of hydrogen-bond donors (Lipinski definition) is 3. The topological polar surface area (TPSA) is 78.4 Å². The predicted molar refractivity (Wildman–Crippen MR) is 64.8 cm³/mol. The average Bonchev–Trinajstić information content (AvgIpc) is 3.04. The van der Waals surface area contributed by atoms with Gasteiger partial charge >= 0.3 is 12.0 Å². The molecule has 0 unspecified atom stereocenters. The smallest absolute Gasteiger partial charge is 0.326 e. The molecule has 0 aromatic rings. The van der Waals surface area contributed by atoms with Crippen LogP contribution in [0.2, 0.25) is 0 Å². The first kappa shape index (κ1) is 13.8. The minimum absolute atomic E-state index is 0.121. The zero-order valence-electron chi connectivity index (χ0n) is 10.5. The number of nitrogens with one attached hydrogen (secondary N) is 2. The molecule has 1 fully saturated rings. The molecule has 1 atom stereocenters. The Morgan fingerprint density at radius 1 is 1.35 bits per heavy atom. The average molecular weight is 242 g/mol. The van der Waals surface area contributed by atoms with Crippen LogP contribution < -0.4 is 10.6 Å². The van der Waals surface area contributed by atoms with E-state index in [2.05, 4.69) is 10.6 Å². The number of carboxylic acid groups (broad SMARTS) is 1. The molecule has 1 aliphatic rings. The number of carbonyl (C=O) groups excluding carboxylic acids is 1. The van der Waals surface area contributed by atoms with E-state index in [4.69, 9.17) is 5.11 Å². The Bertz CT molecular complexity index is 275. The van der Waals surface area contributed by atoms with Crippen molar-refractivity contribution in [3.05, 3.63) is 0 Å². The van der Waals surface area contributed by atoms with Crippen molar-refractivity contribution >= 4 is 12.0 Å². The Kier molecular flexibility index (Phi) is 5.25. The summed E-state index contributed by atoms with van der Waals surface area (Å²) in [6, 6.07) is -1.21. The molecule has 17 heavy (non-hydrogen) atoms. The molecule has 0 aliphatic heterocycles. The van der Waals surface area contributed by atoms with Crippen molar-refractivity contribution in [1.29, 1.82) is 0 Å². The van der Waals surface area contributed by atoms with Gasteiger partial charge in [0.05, 0.1) is 0 Å². The lowest BCUT2D eigenvalue weighted by Crippen LogP contribution is -2.48. The van der Waals surface area contributed by atoms with Gasteiger partial charge in [-0.15, -0.1) is 0 Å². The monoisotopic (exact) mass is 242 g/mol. The van der Waals surface area contributed by atoms with Crippen molar-refractivity contribution in [2.24, 2.45) is 11.8 Å². The third-order valence-corrected chi connectivity index (χ3v) is 2.99. The summed E-state index contributed by atoms with van der Waals surface area (Å²) in [6.45, 7) is 4.16. The van der Waals surface area contributed by atoms with E-state index in [0.717, 1.165) is 18.8 Å². The van der Waals surface area contributed by atoms with Crippen molar-refractivity contribution in [2.75, 3.05) is 6.54 Å². The number of carbonyl (C=O) groups is 2. The highest BCUT2D eigenvalue weighted by molar-refractivity contribution is 5.82. The largest absolute Gasteiger partial charge is 0.480 e. The first-order valence-corrected chi connectivity index (χ1v) is 6.28. The van der Waals surface area contributed by atoms with Gasteiger partial charge in [-0.3, -0.25) is 0 Å². The van der Waals surface area contributed by atoms with Crippen LogP contribution in [0.4, 0.5) is 4.79 Å². The Morgan fingerprint density at radius 2 is 2.00 bits per heavy atom. The Morgan fingerprint density at radius 3 is 2.47 bits per heavy atom. The highest BCUT2D eigenvalue weighted by Gasteiger charge is 2.23. The molecule has 3 N–H and O–H groups in total. The lowest BCUT2D eigenvalue weighted by atomic mass is 10.1. The Hall–Kier alpha value is -1.26. The van der Waals surface area contributed by atoms with Crippen LogP contribution in [0.15, 0.2) is 0 Å². The van der Waals surface area contributed by atoms with Crippen molar-refractivity contribution in [1.82, 2.24) is 10.6 Å². The maximum Gasteiger partial charge on any atom is 0.326 e. The van der Waals surface area contributed by atoms with Crippen LogP contribution in [0, 0.1) is 11.8 Å². The summed E-state index contributed by atoms with van der Waals surface area (Å²) >= 11 is 0. The van der Waals surface area contributed by atoms with E-state index >= 15 is 0 Å². The molecule has 0 aromatic heterocycles. The normalized spacial score (nSPS) is 16.6. The highest BCUT2D eigenvalue weighted by atomic mass is 16.4. The van der Waals surface area contributed by atoms with Crippen molar-refractivity contribution < 1.29 is 14.7 Å². The molecule has 1 rings (SSSR count). The van der Waals surface area contributed by atoms with Crippen molar-refractivity contribution in [3.8, 4) is 0 Å². The van der Waals surface area contributed by atoms with Gasteiger partial charge in [0.2, 0.25) is 0 Å². The molecule has 0 spiro atoms. The molecule has 5 nitrogen and oxygen atoms in total. The summed E-state index contributed by atoms with van der Waals surface area (Å²) in [7, 11) is 0. The molecule has 0 saturated heterocycles. The minimum Gasteiger partial charge on any atom is -0.480 e. The van der Waals surface area contributed by atoms with E-state index < -0.39 is 12.0 Å². The molecule has 0 aromatic carbocycles. The fourth-order valence-corrected chi connectivity index (χ4v) is 1.71. The first-order valence-electron chi connectivity index (χ1n) is 6.28. The van der Waals surface area contributed by atoms with Crippen molar-refractivity contribution in [2.45, 2.75) is 45.6 Å². The van der Waals surface area contributed by atoms with Gasteiger partial charge in [0.25, 0.3) is 0 Å². The van der Waals surface area contributed by atoms with E-state index in [0.29, 0.717) is 6.54 Å². The van der Waals surface area contributed by atoms with Gasteiger partial charge in [0, 0.05) is 6.54 Å². The zero-order chi connectivity index (χ0) is 12.8. The van der Waals surface area contributed by atoms with E-state index in [-0.39, 0.29) is 11.9 Å². The zero-order valence-corrected chi connectivity index (χ0v) is 10.5. The third kappa shape index (κ3) is 5.56. The summed E-state index contributed by atoms with van der Waals surface area (Å²) in [4.78, 5) is 22.3. The number of urea groups is 1. The first-order chi connectivity index (χ1) is 8.00. The van der Waals surface area contributed by atoms with Crippen LogP contribution in [0.5, 0.6) is 0 Å². The van der Waals surface area contributed by atoms with Crippen LogP contribution in [0.25, 0.3) is 0 Å². The van der Waals surface area contributed by atoms with Gasteiger partial charge in [-0.2, -0.15) is 0 Å². The molecular weight excluding hydrogens is 220 g/mol. The van der Waals surface area contributed by atoms with Crippen LogP contribution in [-0.2, 0) is 4.79 Å². The highest BCUT2D eigenvalue weighted by Crippen LogP contribution is 2.33. The second-order valence-corrected chi connectivity index (χ2v) is 5.05. The lowest BCUT2D eigenvalue weighted by molar-refractivity contribution is -0.140. The van der Waals surface area contributed by atoms with E-state index in [1.807, 2.05) is 0 Å². The van der Waals surface area contributed by atoms with Gasteiger partial charge in [0.15, 0.2) is 0 Å². The number of hydrogen-bond acceptors (Lipinski definition) is 2. The molecule has 0 radical (unpaired) electrons. The van der Waals surface area contributed by atoms with Gasteiger partial charge in [-0.05, 0) is 24.7 Å². The molecule has 0 bridgehead atoms. The molecule has 5 heteroatoms. The van der Waals surface area contributed by atoms with Crippen molar-refractivity contribution in [3.63, 3.8) is 0 Å². The van der Waals surface area contributed by atoms with Gasteiger partial charge < -0.3 is 15.7 Å². The number of rotatable bonds is 7. The van der Waals surface area contributed by atoms with Crippen LogP contribution >= 0.6 is 0 Å². The number of aliphatic carboxylic acids is 1. The maximum absolute atomic E-state index is 11.4. The molecule has 0 heterocycles. The summed E-state index contributed by atoms with van der Waals surface area (Å²) in [6.07, 6.45) is 4.77. The third-order valence-electron chi connectivity index (χ3n) is 2.99. The van der Waals surface area contributed by atoms with Crippen LogP contribution in [0.3, 0.4) is 0 Å². The Labute approximate surface area is 102 Å². The second kappa shape index (κ2) is 6.47.